The molecule has 1 aromatic carbocycles. The van der Waals surface area contributed by atoms with Crippen LogP contribution in [0.3, 0.4) is 0 Å². The number of nitrogens with zero attached hydrogens (tertiary/aromatic N) is 1. The van der Waals surface area contributed by atoms with Crippen LogP contribution in [0.2, 0.25) is 0 Å². The smallest absolute Gasteiger partial charge is 0.243 e. The number of nitrogens with one attached hydrogen (secondary N) is 2. The lowest BCUT2D eigenvalue weighted by molar-refractivity contribution is 0.313. The van der Waals surface area contributed by atoms with Crippen LogP contribution in [-0.4, -0.2) is 47.0 Å². The van der Waals surface area contributed by atoms with Crippen molar-refractivity contribution in [1.82, 2.24) is 14.9 Å². The second-order valence-corrected chi connectivity index (χ2v) is 6.70. The van der Waals surface area contributed by atoms with Gasteiger partial charge < -0.3 is 10.2 Å². The third-order valence-corrected chi connectivity index (χ3v) is 4.57. The molecule has 2 N–H and O–H groups in total. The molecule has 0 aliphatic rings. The van der Waals surface area contributed by atoms with E-state index in [1.807, 2.05) is 25.9 Å². The molecule has 0 saturated heterocycles. The van der Waals surface area contributed by atoms with Gasteiger partial charge in [0, 0.05) is 19.1 Å². The lowest BCUT2D eigenvalue weighted by Gasteiger charge is -2.20. The standard InChI is InChI=1S/C13H22FN3O2S/c1-10(17(3)4)8-16-20(18,19)13-6-5-11(9-15-2)7-12(13)14/h5-7,10,15-16H,8-9H2,1-4H3. The number of rotatable bonds is 7. The Morgan fingerprint density at radius 2 is 2.00 bits per heavy atom. The molecule has 20 heavy (non-hydrogen) atoms. The van der Waals surface area contributed by atoms with Crippen molar-refractivity contribution in [1.29, 1.82) is 0 Å². The van der Waals surface area contributed by atoms with E-state index in [2.05, 4.69) is 10.0 Å². The van der Waals surface area contributed by atoms with Crippen molar-refractivity contribution in [3.63, 3.8) is 0 Å². The van der Waals surface area contributed by atoms with E-state index in [1.54, 1.807) is 13.1 Å². The predicted molar refractivity (Wildman–Crippen MR) is 77.5 cm³/mol. The molecular formula is C13H22FN3O2S. The topological polar surface area (TPSA) is 61.4 Å². The van der Waals surface area contributed by atoms with Crippen LogP contribution in [0.25, 0.3) is 0 Å². The van der Waals surface area contributed by atoms with Crippen LogP contribution in [0.1, 0.15) is 12.5 Å². The lowest BCUT2D eigenvalue weighted by atomic mass is 10.2. The van der Waals surface area contributed by atoms with Crippen LogP contribution in [-0.2, 0) is 16.6 Å². The highest BCUT2D eigenvalue weighted by atomic mass is 32.2. The first-order valence-electron chi connectivity index (χ1n) is 6.37. The highest BCUT2D eigenvalue weighted by molar-refractivity contribution is 7.89. The van der Waals surface area contributed by atoms with Gasteiger partial charge in [-0.05, 0) is 45.8 Å². The summed E-state index contributed by atoms with van der Waals surface area (Å²) in [4.78, 5) is 1.57. The molecule has 114 valence electrons. The minimum Gasteiger partial charge on any atom is -0.316 e. The van der Waals surface area contributed by atoms with Crippen molar-refractivity contribution in [3.05, 3.63) is 29.6 Å². The summed E-state index contributed by atoms with van der Waals surface area (Å²) >= 11 is 0. The molecule has 0 aliphatic carbocycles. The van der Waals surface area contributed by atoms with Crippen molar-refractivity contribution in [3.8, 4) is 0 Å². The van der Waals surface area contributed by atoms with Crippen LogP contribution in [0.5, 0.6) is 0 Å². The van der Waals surface area contributed by atoms with Crippen molar-refractivity contribution >= 4 is 10.0 Å². The molecule has 5 nitrogen and oxygen atoms in total. The van der Waals surface area contributed by atoms with E-state index in [4.69, 9.17) is 0 Å². The van der Waals surface area contributed by atoms with E-state index in [-0.39, 0.29) is 17.5 Å². The SMILES string of the molecule is CNCc1ccc(S(=O)(=O)NCC(C)N(C)C)c(F)c1. The van der Waals surface area contributed by atoms with Crippen LogP contribution in [0.4, 0.5) is 4.39 Å². The first-order valence-corrected chi connectivity index (χ1v) is 7.85. The Morgan fingerprint density at radius 3 is 2.50 bits per heavy atom. The van der Waals surface area contributed by atoms with E-state index in [0.717, 1.165) is 0 Å². The molecule has 0 heterocycles. The molecule has 1 rings (SSSR count). The van der Waals surface area contributed by atoms with Crippen LogP contribution < -0.4 is 10.0 Å². The summed E-state index contributed by atoms with van der Waals surface area (Å²) in [5.41, 5.74) is 0.700. The van der Waals surface area contributed by atoms with E-state index < -0.39 is 15.8 Å². The largest absolute Gasteiger partial charge is 0.316 e. The Labute approximate surface area is 120 Å². The number of halogens is 1. The maximum absolute atomic E-state index is 13.9. The molecule has 0 spiro atoms. The average Bonchev–Trinajstić information content (AvgIpc) is 2.36. The summed E-state index contributed by atoms with van der Waals surface area (Å²) in [6.45, 7) is 2.60. The molecule has 0 aliphatic heterocycles. The minimum absolute atomic E-state index is 0.0244. The second kappa shape index (κ2) is 7.12. The minimum atomic E-state index is -3.82. The Hall–Kier alpha value is -1.02. The quantitative estimate of drug-likeness (QED) is 0.781. The molecule has 1 atom stereocenters. The summed E-state index contributed by atoms with van der Waals surface area (Å²) in [6.07, 6.45) is 0. The number of hydrogen-bond donors (Lipinski definition) is 2. The fourth-order valence-corrected chi connectivity index (χ4v) is 2.75. The van der Waals surface area contributed by atoms with Gasteiger partial charge in [0.25, 0.3) is 0 Å². The molecule has 0 bridgehead atoms. The molecular weight excluding hydrogens is 281 g/mol. The zero-order chi connectivity index (χ0) is 15.3. The fourth-order valence-electron chi connectivity index (χ4n) is 1.57. The first kappa shape index (κ1) is 17.0. The zero-order valence-electron chi connectivity index (χ0n) is 12.3. The summed E-state index contributed by atoms with van der Waals surface area (Å²) in [7, 11) is 1.63. The summed E-state index contributed by atoms with van der Waals surface area (Å²) in [5, 5.41) is 2.88. The maximum Gasteiger partial charge on any atom is 0.243 e. The molecule has 0 aromatic heterocycles. The fraction of sp³-hybridized carbons (Fsp3) is 0.538. The van der Waals surface area contributed by atoms with Crippen LogP contribution in [0.15, 0.2) is 23.1 Å². The van der Waals surface area contributed by atoms with Gasteiger partial charge in [0.15, 0.2) is 0 Å². The molecule has 1 aromatic rings. The van der Waals surface area contributed by atoms with Gasteiger partial charge in [-0.25, -0.2) is 17.5 Å². The van der Waals surface area contributed by atoms with E-state index in [0.29, 0.717) is 12.1 Å². The Morgan fingerprint density at radius 1 is 1.35 bits per heavy atom. The van der Waals surface area contributed by atoms with Crippen LogP contribution in [0, 0.1) is 5.82 Å². The Kier molecular flexibility index (Phi) is 6.07. The zero-order valence-corrected chi connectivity index (χ0v) is 13.1. The van der Waals surface area contributed by atoms with Crippen molar-refractivity contribution in [2.75, 3.05) is 27.7 Å². The van der Waals surface area contributed by atoms with Gasteiger partial charge in [0.05, 0.1) is 0 Å². The number of sulfonamides is 1. The van der Waals surface area contributed by atoms with E-state index in [9.17, 15) is 12.8 Å². The second-order valence-electron chi connectivity index (χ2n) is 4.96. The van der Waals surface area contributed by atoms with Crippen molar-refractivity contribution in [2.45, 2.75) is 24.4 Å². The van der Waals surface area contributed by atoms with Gasteiger partial charge in [-0.3, -0.25) is 0 Å². The Balaban J connectivity index is 2.87. The third-order valence-electron chi connectivity index (χ3n) is 3.12. The summed E-state index contributed by atoms with van der Waals surface area (Å²) in [6, 6.07) is 4.16. The van der Waals surface area contributed by atoms with E-state index in [1.165, 1.54) is 12.1 Å². The Bertz CT molecular complexity index is 547. The lowest BCUT2D eigenvalue weighted by Crippen LogP contribution is -2.38. The van der Waals surface area contributed by atoms with Crippen molar-refractivity contribution < 1.29 is 12.8 Å². The number of benzene rings is 1. The summed E-state index contributed by atoms with van der Waals surface area (Å²) < 4.78 is 40.4. The first-order chi connectivity index (χ1) is 9.27. The normalized spacial score (nSPS) is 13.7. The summed E-state index contributed by atoms with van der Waals surface area (Å²) in [5.74, 6) is -0.734. The number of likely N-dealkylation sites (N-methyl/N-ethyl adjacent to an activating group) is 1. The van der Waals surface area contributed by atoms with Gasteiger partial charge in [-0.15, -0.1) is 0 Å². The van der Waals surface area contributed by atoms with Crippen LogP contribution >= 0.6 is 0 Å². The molecule has 0 radical (unpaired) electrons. The molecule has 1 unspecified atom stereocenters. The highest BCUT2D eigenvalue weighted by Crippen LogP contribution is 2.16. The van der Waals surface area contributed by atoms with Gasteiger partial charge >= 0.3 is 0 Å². The van der Waals surface area contributed by atoms with Gasteiger partial charge in [0.2, 0.25) is 10.0 Å². The average molecular weight is 303 g/mol. The van der Waals surface area contributed by atoms with Gasteiger partial charge in [-0.2, -0.15) is 0 Å². The van der Waals surface area contributed by atoms with Gasteiger partial charge in [0.1, 0.15) is 10.7 Å². The third kappa shape index (κ3) is 4.52. The van der Waals surface area contributed by atoms with Gasteiger partial charge in [-0.1, -0.05) is 6.07 Å². The number of hydrogen-bond acceptors (Lipinski definition) is 4. The monoisotopic (exact) mass is 303 g/mol. The highest BCUT2D eigenvalue weighted by Gasteiger charge is 2.20. The van der Waals surface area contributed by atoms with E-state index >= 15 is 0 Å². The van der Waals surface area contributed by atoms with Crippen molar-refractivity contribution in [2.24, 2.45) is 0 Å². The predicted octanol–water partition coefficient (Wildman–Crippen LogP) is 0.773. The molecule has 0 saturated carbocycles. The molecule has 7 heteroatoms. The maximum atomic E-state index is 13.9. The molecule has 0 amide bonds. The molecule has 0 fully saturated rings.